The number of likely N-dealkylation sites (tertiary alicyclic amines) is 1. The number of likely N-dealkylation sites (N-methyl/N-ethyl adjacent to an activating group) is 1. The molecule has 7 heteroatoms. The van der Waals surface area contributed by atoms with Crippen molar-refractivity contribution in [2.75, 3.05) is 20.6 Å². The monoisotopic (exact) mass is 317 g/mol. The van der Waals surface area contributed by atoms with Crippen LogP contribution in [0, 0.1) is 0 Å². The molecule has 6 nitrogen and oxygen atoms in total. The molecule has 0 saturated carbocycles. The van der Waals surface area contributed by atoms with Crippen LogP contribution in [0.3, 0.4) is 0 Å². The molecule has 3 rings (SSSR count). The Morgan fingerprint density at radius 2 is 2.23 bits per heavy atom. The Labute approximate surface area is 133 Å². The lowest BCUT2D eigenvalue weighted by Crippen LogP contribution is -2.52. The highest BCUT2D eigenvalue weighted by Gasteiger charge is 2.50. The topological polar surface area (TPSA) is 62.2 Å². The molecule has 0 radical (unpaired) electrons. The minimum atomic E-state index is -0.720. The van der Waals surface area contributed by atoms with Gasteiger partial charge in [0, 0.05) is 50.7 Å². The van der Waals surface area contributed by atoms with Gasteiger partial charge in [-0.2, -0.15) is 0 Å². The van der Waals surface area contributed by atoms with Crippen molar-refractivity contribution < 1.29 is 4.79 Å². The van der Waals surface area contributed by atoms with Crippen LogP contribution in [0.25, 0.3) is 0 Å². The van der Waals surface area contributed by atoms with Gasteiger partial charge >= 0.3 is 0 Å². The molecule has 0 spiro atoms. The predicted octanol–water partition coefficient (Wildman–Crippen LogP) is 1.51. The van der Waals surface area contributed by atoms with Crippen molar-refractivity contribution in [1.29, 1.82) is 0 Å². The second-order valence-corrected chi connectivity index (χ2v) is 6.61. The van der Waals surface area contributed by atoms with Crippen LogP contribution in [0.2, 0.25) is 0 Å². The predicted molar refractivity (Wildman–Crippen MR) is 84.2 cm³/mol. The average Bonchev–Trinajstić information content (AvgIpc) is 3.18. The molecule has 1 aliphatic heterocycles. The standard InChI is InChI=1S/C15H19N5OS/c1-19(2)14(21)15(13-9-16-5-6-18-13)4-3-7-20(15)10-12-8-17-11-22-12/h5-6,8-9,11H,3-4,7,10H2,1-2H3. The van der Waals surface area contributed by atoms with Crippen LogP contribution < -0.4 is 0 Å². The summed E-state index contributed by atoms with van der Waals surface area (Å²) in [5.74, 6) is 0.0648. The summed E-state index contributed by atoms with van der Waals surface area (Å²) in [5, 5.41) is 0. The Balaban J connectivity index is 2.02. The molecule has 1 unspecified atom stereocenters. The summed E-state index contributed by atoms with van der Waals surface area (Å²) in [6.07, 6.45) is 8.61. The fourth-order valence-electron chi connectivity index (χ4n) is 3.12. The van der Waals surface area contributed by atoms with Crippen molar-refractivity contribution in [3.63, 3.8) is 0 Å². The number of hydrogen-bond donors (Lipinski definition) is 0. The van der Waals surface area contributed by atoms with Gasteiger partial charge in [-0.3, -0.25) is 24.6 Å². The minimum Gasteiger partial charge on any atom is -0.347 e. The van der Waals surface area contributed by atoms with E-state index in [1.165, 1.54) is 0 Å². The van der Waals surface area contributed by atoms with E-state index in [1.54, 1.807) is 48.9 Å². The summed E-state index contributed by atoms with van der Waals surface area (Å²) in [6.45, 7) is 1.58. The Morgan fingerprint density at radius 1 is 1.36 bits per heavy atom. The van der Waals surface area contributed by atoms with Gasteiger partial charge in [-0.25, -0.2) is 0 Å². The fraction of sp³-hybridized carbons (Fsp3) is 0.467. The molecule has 0 N–H and O–H groups in total. The average molecular weight is 317 g/mol. The van der Waals surface area contributed by atoms with Crippen molar-refractivity contribution in [2.45, 2.75) is 24.9 Å². The van der Waals surface area contributed by atoms with Crippen LogP contribution in [-0.4, -0.2) is 51.3 Å². The quantitative estimate of drug-likeness (QED) is 0.855. The fourth-order valence-corrected chi connectivity index (χ4v) is 3.73. The van der Waals surface area contributed by atoms with Crippen LogP contribution in [-0.2, 0) is 16.9 Å². The van der Waals surface area contributed by atoms with Crippen LogP contribution in [0.15, 0.2) is 30.3 Å². The van der Waals surface area contributed by atoms with Gasteiger partial charge in [0.2, 0.25) is 5.91 Å². The Kier molecular flexibility index (Phi) is 4.17. The zero-order valence-electron chi connectivity index (χ0n) is 12.8. The van der Waals surface area contributed by atoms with E-state index in [2.05, 4.69) is 19.9 Å². The van der Waals surface area contributed by atoms with Crippen molar-refractivity contribution >= 4 is 17.2 Å². The number of carbonyl (C=O) groups is 1. The van der Waals surface area contributed by atoms with Crippen LogP contribution in [0.5, 0.6) is 0 Å². The Morgan fingerprint density at radius 3 is 2.86 bits per heavy atom. The van der Waals surface area contributed by atoms with Crippen LogP contribution >= 0.6 is 11.3 Å². The molecule has 0 aliphatic carbocycles. The number of carbonyl (C=O) groups excluding carboxylic acids is 1. The van der Waals surface area contributed by atoms with E-state index in [0.29, 0.717) is 6.54 Å². The van der Waals surface area contributed by atoms with Gasteiger partial charge in [-0.05, 0) is 12.8 Å². The number of amides is 1. The lowest BCUT2D eigenvalue weighted by atomic mass is 9.90. The summed E-state index contributed by atoms with van der Waals surface area (Å²) in [4.78, 5) is 30.8. The number of aromatic nitrogens is 3. The van der Waals surface area contributed by atoms with E-state index in [0.717, 1.165) is 30.0 Å². The molecule has 1 amide bonds. The molecular formula is C15H19N5OS. The number of hydrogen-bond acceptors (Lipinski definition) is 6. The zero-order chi connectivity index (χ0) is 15.6. The largest absolute Gasteiger partial charge is 0.347 e. The second kappa shape index (κ2) is 6.10. The summed E-state index contributed by atoms with van der Waals surface area (Å²) in [7, 11) is 3.59. The molecular weight excluding hydrogens is 298 g/mol. The molecule has 1 saturated heterocycles. The maximum atomic E-state index is 13.0. The summed E-state index contributed by atoms with van der Waals surface area (Å²) in [5.41, 5.74) is 1.83. The maximum absolute atomic E-state index is 13.0. The van der Waals surface area contributed by atoms with E-state index in [-0.39, 0.29) is 5.91 Å². The summed E-state index contributed by atoms with van der Waals surface area (Å²) < 4.78 is 0. The van der Waals surface area contributed by atoms with Gasteiger partial charge < -0.3 is 4.90 Å². The molecule has 0 bridgehead atoms. The first kappa shape index (κ1) is 15.1. The highest BCUT2D eigenvalue weighted by atomic mass is 32.1. The third-order valence-electron chi connectivity index (χ3n) is 4.08. The van der Waals surface area contributed by atoms with Crippen molar-refractivity contribution in [3.8, 4) is 0 Å². The van der Waals surface area contributed by atoms with Crippen LogP contribution in [0.4, 0.5) is 0 Å². The van der Waals surface area contributed by atoms with Gasteiger partial charge in [0.1, 0.15) is 5.54 Å². The zero-order valence-corrected chi connectivity index (χ0v) is 13.6. The first-order valence-electron chi connectivity index (χ1n) is 7.25. The number of thiazole rings is 1. The first-order chi connectivity index (χ1) is 10.6. The number of rotatable bonds is 4. The van der Waals surface area contributed by atoms with Gasteiger partial charge in [0.25, 0.3) is 0 Å². The van der Waals surface area contributed by atoms with Gasteiger partial charge in [0.05, 0.1) is 17.4 Å². The lowest BCUT2D eigenvalue weighted by Gasteiger charge is -2.38. The first-order valence-corrected chi connectivity index (χ1v) is 8.13. The SMILES string of the molecule is CN(C)C(=O)C1(c2cnccn2)CCCN1Cc1cncs1. The summed E-state index contributed by atoms with van der Waals surface area (Å²) >= 11 is 1.61. The van der Waals surface area contributed by atoms with Gasteiger partial charge in [-0.1, -0.05) is 0 Å². The second-order valence-electron chi connectivity index (χ2n) is 5.64. The highest BCUT2D eigenvalue weighted by Crippen LogP contribution is 2.40. The molecule has 2 aromatic heterocycles. The van der Waals surface area contributed by atoms with Gasteiger partial charge in [0.15, 0.2) is 0 Å². The van der Waals surface area contributed by atoms with Crippen molar-refractivity contribution in [1.82, 2.24) is 24.8 Å². The van der Waals surface area contributed by atoms with Crippen LogP contribution in [0.1, 0.15) is 23.4 Å². The van der Waals surface area contributed by atoms with E-state index < -0.39 is 5.54 Å². The Bertz CT molecular complexity index is 631. The van der Waals surface area contributed by atoms with Crippen molar-refractivity contribution in [3.05, 3.63) is 40.9 Å². The minimum absolute atomic E-state index is 0.0648. The van der Waals surface area contributed by atoms with E-state index >= 15 is 0 Å². The Hall–Kier alpha value is -1.86. The highest BCUT2D eigenvalue weighted by molar-refractivity contribution is 7.09. The number of nitrogens with zero attached hydrogens (tertiary/aromatic N) is 5. The molecule has 116 valence electrons. The summed E-state index contributed by atoms with van der Waals surface area (Å²) in [6, 6.07) is 0. The smallest absolute Gasteiger partial charge is 0.248 e. The molecule has 1 atom stereocenters. The van der Waals surface area contributed by atoms with Gasteiger partial charge in [-0.15, -0.1) is 11.3 Å². The third kappa shape index (κ3) is 2.50. The van der Waals surface area contributed by atoms with E-state index in [1.807, 2.05) is 11.7 Å². The van der Waals surface area contributed by atoms with Crippen molar-refractivity contribution in [2.24, 2.45) is 0 Å². The maximum Gasteiger partial charge on any atom is 0.248 e. The lowest BCUT2D eigenvalue weighted by molar-refractivity contribution is -0.141. The van der Waals surface area contributed by atoms with E-state index in [4.69, 9.17) is 0 Å². The molecule has 0 aromatic carbocycles. The molecule has 2 aromatic rings. The molecule has 3 heterocycles. The molecule has 1 aliphatic rings. The molecule has 1 fully saturated rings. The molecule has 22 heavy (non-hydrogen) atoms. The third-order valence-corrected chi connectivity index (χ3v) is 4.85. The van der Waals surface area contributed by atoms with E-state index in [9.17, 15) is 4.79 Å². The normalized spacial score (nSPS) is 21.9.